The normalized spacial score (nSPS) is 15.0. The van der Waals surface area contributed by atoms with E-state index in [0.29, 0.717) is 23.3 Å². The standard InChI is InChI=1S/C20H16ClFN4O/c21-15-9-13(5-7-16(15)22)20-24-19(25-27-20)12-6-8-18-17(10-12)23-11-26(18)14-3-1-2-4-14/h5-11,14H,1-4H2. The zero-order valence-electron chi connectivity index (χ0n) is 14.4. The molecule has 1 fully saturated rings. The molecule has 0 saturated heterocycles. The van der Waals surface area contributed by atoms with Gasteiger partial charge in [-0.3, -0.25) is 0 Å². The van der Waals surface area contributed by atoms with E-state index in [-0.39, 0.29) is 5.02 Å². The highest BCUT2D eigenvalue weighted by Gasteiger charge is 2.19. The van der Waals surface area contributed by atoms with E-state index in [9.17, 15) is 4.39 Å². The molecule has 5 nitrogen and oxygen atoms in total. The maximum atomic E-state index is 13.3. The second-order valence-electron chi connectivity index (χ2n) is 6.85. The van der Waals surface area contributed by atoms with Gasteiger partial charge in [0.2, 0.25) is 5.82 Å². The lowest BCUT2D eigenvalue weighted by Gasteiger charge is -2.11. The minimum atomic E-state index is -0.483. The molecule has 1 saturated carbocycles. The molecule has 0 amide bonds. The van der Waals surface area contributed by atoms with Gasteiger partial charge < -0.3 is 9.09 Å². The minimum Gasteiger partial charge on any atom is -0.334 e. The van der Waals surface area contributed by atoms with E-state index in [0.717, 1.165) is 16.6 Å². The number of nitrogens with zero attached hydrogens (tertiary/aromatic N) is 4. The predicted molar refractivity (Wildman–Crippen MR) is 101 cm³/mol. The molecule has 1 aliphatic carbocycles. The van der Waals surface area contributed by atoms with Crippen molar-refractivity contribution < 1.29 is 8.91 Å². The van der Waals surface area contributed by atoms with Crippen LogP contribution in [0.15, 0.2) is 47.2 Å². The van der Waals surface area contributed by atoms with Crippen molar-refractivity contribution in [1.82, 2.24) is 19.7 Å². The van der Waals surface area contributed by atoms with Crippen LogP contribution < -0.4 is 0 Å². The third kappa shape index (κ3) is 2.90. The van der Waals surface area contributed by atoms with Crippen molar-refractivity contribution >= 4 is 22.6 Å². The van der Waals surface area contributed by atoms with E-state index in [1.54, 1.807) is 6.07 Å². The third-order valence-electron chi connectivity index (χ3n) is 5.14. The van der Waals surface area contributed by atoms with Crippen LogP contribution in [0.4, 0.5) is 4.39 Å². The quantitative estimate of drug-likeness (QED) is 0.458. The lowest BCUT2D eigenvalue weighted by molar-refractivity contribution is 0.432. The highest BCUT2D eigenvalue weighted by molar-refractivity contribution is 6.31. The SMILES string of the molecule is Fc1ccc(-c2nc(-c3ccc4c(c3)ncn4C3CCCC3)no2)cc1Cl. The number of benzene rings is 2. The maximum absolute atomic E-state index is 13.3. The Kier molecular flexibility index (Phi) is 3.93. The van der Waals surface area contributed by atoms with Gasteiger partial charge in [0.15, 0.2) is 0 Å². The molecule has 1 aliphatic rings. The van der Waals surface area contributed by atoms with E-state index in [1.807, 2.05) is 18.5 Å². The Labute approximate surface area is 159 Å². The topological polar surface area (TPSA) is 56.7 Å². The van der Waals surface area contributed by atoms with Crippen LogP contribution in [0.25, 0.3) is 33.9 Å². The smallest absolute Gasteiger partial charge is 0.258 e. The number of fused-ring (bicyclic) bond motifs is 1. The number of aromatic nitrogens is 4. The summed E-state index contributed by atoms with van der Waals surface area (Å²) in [6, 6.07) is 10.9. The van der Waals surface area contributed by atoms with Crippen molar-refractivity contribution in [2.75, 3.05) is 0 Å². The van der Waals surface area contributed by atoms with Crippen LogP contribution in [0.2, 0.25) is 5.02 Å². The number of imidazole rings is 1. The summed E-state index contributed by atoms with van der Waals surface area (Å²) in [4.78, 5) is 8.97. The summed E-state index contributed by atoms with van der Waals surface area (Å²) in [5.74, 6) is 0.273. The fraction of sp³-hybridized carbons (Fsp3) is 0.250. The molecule has 0 aliphatic heterocycles. The van der Waals surface area contributed by atoms with Crippen molar-refractivity contribution in [3.8, 4) is 22.8 Å². The molecule has 2 aromatic heterocycles. The molecule has 4 aromatic rings. The average molecular weight is 383 g/mol. The summed E-state index contributed by atoms with van der Waals surface area (Å²) in [7, 11) is 0. The van der Waals surface area contributed by atoms with Gasteiger partial charge in [-0.15, -0.1) is 0 Å². The predicted octanol–water partition coefficient (Wildman–Crippen LogP) is 5.66. The second-order valence-corrected chi connectivity index (χ2v) is 7.25. The number of halogens is 2. The van der Waals surface area contributed by atoms with Gasteiger partial charge in [0, 0.05) is 17.2 Å². The summed E-state index contributed by atoms with van der Waals surface area (Å²) in [5.41, 5.74) is 3.43. The highest BCUT2D eigenvalue weighted by atomic mass is 35.5. The van der Waals surface area contributed by atoms with Gasteiger partial charge in [-0.1, -0.05) is 29.6 Å². The average Bonchev–Trinajstić information content (AvgIpc) is 3.43. The Balaban J connectivity index is 1.49. The second kappa shape index (κ2) is 6.46. The van der Waals surface area contributed by atoms with Crippen LogP contribution in [0.3, 0.4) is 0 Å². The fourth-order valence-corrected chi connectivity index (χ4v) is 3.91. The molecule has 0 atom stereocenters. The van der Waals surface area contributed by atoms with Crippen molar-refractivity contribution in [3.63, 3.8) is 0 Å². The van der Waals surface area contributed by atoms with E-state index in [1.165, 1.54) is 37.8 Å². The van der Waals surface area contributed by atoms with Crippen molar-refractivity contribution in [1.29, 1.82) is 0 Å². The molecule has 27 heavy (non-hydrogen) atoms. The first-order valence-corrected chi connectivity index (χ1v) is 9.33. The van der Waals surface area contributed by atoms with E-state index in [4.69, 9.17) is 16.1 Å². The largest absolute Gasteiger partial charge is 0.334 e. The van der Waals surface area contributed by atoms with Gasteiger partial charge in [-0.2, -0.15) is 4.98 Å². The molecule has 5 rings (SSSR count). The number of hydrogen-bond donors (Lipinski definition) is 0. The number of rotatable bonds is 3. The lowest BCUT2D eigenvalue weighted by atomic mass is 10.1. The monoisotopic (exact) mass is 382 g/mol. The van der Waals surface area contributed by atoms with Crippen LogP contribution in [0, 0.1) is 5.82 Å². The summed E-state index contributed by atoms with van der Waals surface area (Å²) in [6.07, 6.45) is 6.90. The summed E-state index contributed by atoms with van der Waals surface area (Å²) in [6.45, 7) is 0. The molecule has 0 spiro atoms. The molecule has 136 valence electrons. The first-order chi connectivity index (χ1) is 13.2. The lowest BCUT2D eigenvalue weighted by Crippen LogP contribution is -2.02. The van der Waals surface area contributed by atoms with E-state index >= 15 is 0 Å². The Morgan fingerprint density at radius 3 is 2.70 bits per heavy atom. The molecule has 2 heterocycles. The molecular formula is C20H16ClFN4O. The first kappa shape index (κ1) is 16.4. The Morgan fingerprint density at radius 2 is 1.89 bits per heavy atom. The van der Waals surface area contributed by atoms with Gasteiger partial charge in [0.25, 0.3) is 5.89 Å². The Bertz CT molecular complexity index is 1130. The zero-order valence-corrected chi connectivity index (χ0v) is 15.2. The molecule has 0 radical (unpaired) electrons. The molecule has 7 heteroatoms. The number of hydrogen-bond acceptors (Lipinski definition) is 4. The molecular weight excluding hydrogens is 367 g/mol. The van der Waals surface area contributed by atoms with Crippen LogP contribution in [0.5, 0.6) is 0 Å². The molecule has 0 bridgehead atoms. The van der Waals surface area contributed by atoms with Crippen LogP contribution >= 0.6 is 11.6 Å². The molecule has 0 unspecified atom stereocenters. The van der Waals surface area contributed by atoms with Crippen molar-refractivity contribution in [2.24, 2.45) is 0 Å². The van der Waals surface area contributed by atoms with Gasteiger partial charge in [-0.05, 0) is 49.2 Å². The summed E-state index contributed by atoms with van der Waals surface area (Å²) in [5, 5.41) is 4.07. The third-order valence-corrected chi connectivity index (χ3v) is 5.43. The zero-order chi connectivity index (χ0) is 18.4. The van der Waals surface area contributed by atoms with E-state index < -0.39 is 5.82 Å². The highest BCUT2D eigenvalue weighted by Crippen LogP contribution is 2.33. The van der Waals surface area contributed by atoms with Gasteiger partial charge in [0.05, 0.1) is 22.4 Å². The minimum absolute atomic E-state index is 0.0196. The molecule has 2 aromatic carbocycles. The van der Waals surface area contributed by atoms with E-state index in [2.05, 4.69) is 25.8 Å². The van der Waals surface area contributed by atoms with Crippen LogP contribution in [-0.4, -0.2) is 19.7 Å². The van der Waals surface area contributed by atoms with Gasteiger partial charge in [0.1, 0.15) is 5.82 Å². The van der Waals surface area contributed by atoms with Gasteiger partial charge in [-0.25, -0.2) is 9.37 Å². The molecule has 0 N–H and O–H groups in total. The van der Waals surface area contributed by atoms with Gasteiger partial charge >= 0.3 is 0 Å². The van der Waals surface area contributed by atoms with Crippen molar-refractivity contribution in [3.05, 3.63) is 53.6 Å². The maximum Gasteiger partial charge on any atom is 0.258 e. The first-order valence-electron chi connectivity index (χ1n) is 8.95. The summed E-state index contributed by atoms with van der Waals surface area (Å²) >= 11 is 5.83. The fourth-order valence-electron chi connectivity index (χ4n) is 3.73. The van der Waals surface area contributed by atoms with Crippen molar-refractivity contribution in [2.45, 2.75) is 31.7 Å². The Hall–Kier alpha value is -2.73. The van der Waals surface area contributed by atoms with Crippen LogP contribution in [0.1, 0.15) is 31.7 Å². The summed E-state index contributed by atoms with van der Waals surface area (Å²) < 4.78 is 20.9. The van der Waals surface area contributed by atoms with Crippen LogP contribution in [-0.2, 0) is 0 Å². The Morgan fingerprint density at radius 1 is 1.07 bits per heavy atom.